The summed E-state index contributed by atoms with van der Waals surface area (Å²) in [5.41, 5.74) is 0.532. The Morgan fingerprint density at radius 1 is 1.21 bits per heavy atom. The van der Waals surface area contributed by atoms with Gasteiger partial charge >= 0.3 is 0 Å². The van der Waals surface area contributed by atoms with Crippen molar-refractivity contribution in [2.75, 3.05) is 6.61 Å². The number of nitrogens with zero attached hydrogens (tertiary/aromatic N) is 4. The van der Waals surface area contributed by atoms with Gasteiger partial charge in [0.1, 0.15) is 12.9 Å². The maximum atomic E-state index is 13.4. The minimum absolute atomic E-state index is 0.0215. The Hall–Kier alpha value is -3.29. The van der Waals surface area contributed by atoms with Crippen LogP contribution in [0.5, 0.6) is 5.75 Å². The fourth-order valence-corrected chi connectivity index (χ4v) is 2.10. The highest BCUT2D eigenvalue weighted by atomic mass is 19.1. The number of non-ortho nitro benzene ring substituents is 1. The Balaban J connectivity index is 1.64. The van der Waals surface area contributed by atoms with Crippen molar-refractivity contribution in [2.45, 2.75) is 6.54 Å². The van der Waals surface area contributed by atoms with E-state index >= 15 is 0 Å². The number of ether oxygens (including phenoxy) is 1. The highest BCUT2D eigenvalue weighted by molar-refractivity contribution is 5.58. The SMILES string of the molecule is O=[N+]([O-])c1cccc(-c2ncn(CCOc3ccccc3F)n2)c1. The first-order valence-corrected chi connectivity index (χ1v) is 7.15. The molecule has 0 N–H and O–H groups in total. The molecule has 1 heterocycles. The summed E-state index contributed by atoms with van der Waals surface area (Å²) < 4.78 is 20.3. The molecule has 0 radical (unpaired) electrons. The lowest BCUT2D eigenvalue weighted by atomic mass is 10.2. The van der Waals surface area contributed by atoms with Crippen molar-refractivity contribution < 1.29 is 14.1 Å². The smallest absolute Gasteiger partial charge is 0.270 e. The molecule has 122 valence electrons. The molecule has 0 aliphatic carbocycles. The van der Waals surface area contributed by atoms with E-state index in [1.54, 1.807) is 30.3 Å². The van der Waals surface area contributed by atoms with Gasteiger partial charge in [0, 0.05) is 17.7 Å². The van der Waals surface area contributed by atoms with Gasteiger partial charge in [-0.05, 0) is 12.1 Å². The summed E-state index contributed by atoms with van der Waals surface area (Å²) in [4.78, 5) is 14.5. The number of rotatable bonds is 6. The van der Waals surface area contributed by atoms with Gasteiger partial charge in [0.15, 0.2) is 17.4 Å². The van der Waals surface area contributed by atoms with Crippen molar-refractivity contribution in [3.8, 4) is 17.1 Å². The first-order valence-electron chi connectivity index (χ1n) is 7.15. The van der Waals surface area contributed by atoms with E-state index in [2.05, 4.69) is 10.1 Å². The van der Waals surface area contributed by atoms with Crippen LogP contribution in [0.4, 0.5) is 10.1 Å². The minimum Gasteiger partial charge on any atom is -0.489 e. The second kappa shape index (κ2) is 6.86. The van der Waals surface area contributed by atoms with E-state index in [0.717, 1.165) is 0 Å². The largest absolute Gasteiger partial charge is 0.489 e. The molecule has 1 aromatic heterocycles. The standard InChI is InChI=1S/C16H13FN4O3/c17-14-6-1-2-7-15(14)24-9-8-20-11-18-16(19-20)12-4-3-5-13(10-12)21(22)23/h1-7,10-11H,8-9H2. The summed E-state index contributed by atoms with van der Waals surface area (Å²) in [7, 11) is 0. The number of halogens is 1. The molecule has 7 nitrogen and oxygen atoms in total. The van der Waals surface area contributed by atoms with E-state index in [1.165, 1.54) is 29.2 Å². The van der Waals surface area contributed by atoms with Gasteiger partial charge in [-0.2, -0.15) is 5.10 Å². The van der Waals surface area contributed by atoms with Crippen LogP contribution in [0.25, 0.3) is 11.4 Å². The van der Waals surface area contributed by atoms with Crippen LogP contribution in [-0.4, -0.2) is 26.3 Å². The highest BCUT2D eigenvalue weighted by Gasteiger charge is 2.10. The quantitative estimate of drug-likeness (QED) is 0.513. The fraction of sp³-hybridized carbons (Fsp3) is 0.125. The Bertz CT molecular complexity index is 866. The molecule has 0 amide bonds. The van der Waals surface area contributed by atoms with E-state index in [4.69, 9.17) is 4.74 Å². The zero-order valence-corrected chi connectivity index (χ0v) is 12.5. The molecule has 0 aliphatic heterocycles. The van der Waals surface area contributed by atoms with Crippen molar-refractivity contribution in [3.63, 3.8) is 0 Å². The topological polar surface area (TPSA) is 83.1 Å². The second-order valence-corrected chi connectivity index (χ2v) is 4.92. The van der Waals surface area contributed by atoms with Gasteiger partial charge in [-0.15, -0.1) is 0 Å². The number of nitro benzene ring substituents is 1. The lowest BCUT2D eigenvalue weighted by Crippen LogP contribution is -2.09. The molecule has 0 unspecified atom stereocenters. The Morgan fingerprint density at radius 2 is 2.04 bits per heavy atom. The molecule has 3 aromatic rings. The van der Waals surface area contributed by atoms with Crippen LogP contribution in [0.3, 0.4) is 0 Å². The van der Waals surface area contributed by atoms with E-state index < -0.39 is 10.7 Å². The first kappa shape index (κ1) is 15.6. The normalized spacial score (nSPS) is 10.5. The molecule has 24 heavy (non-hydrogen) atoms. The molecule has 0 fully saturated rings. The van der Waals surface area contributed by atoms with Gasteiger partial charge < -0.3 is 4.74 Å². The van der Waals surface area contributed by atoms with Crippen LogP contribution in [0.2, 0.25) is 0 Å². The second-order valence-electron chi connectivity index (χ2n) is 4.92. The van der Waals surface area contributed by atoms with E-state index in [-0.39, 0.29) is 18.0 Å². The van der Waals surface area contributed by atoms with Crippen molar-refractivity contribution in [1.29, 1.82) is 0 Å². The van der Waals surface area contributed by atoms with Crippen LogP contribution < -0.4 is 4.74 Å². The minimum atomic E-state index is -0.470. The molecular formula is C16H13FN4O3. The Kier molecular flexibility index (Phi) is 4.46. The maximum absolute atomic E-state index is 13.4. The van der Waals surface area contributed by atoms with Gasteiger partial charge in [-0.3, -0.25) is 10.1 Å². The van der Waals surface area contributed by atoms with Crippen molar-refractivity contribution in [1.82, 2.24) is 14.8 Å². The van der Waals surface area contributed by atoms with Crippen LogP contribution in [0, 0.1) is 15.9 Å². The Labute approximate surface area is 136 Å². The third-order valence-corrected chi connectivity index (χ3v) is 3.27. The lowest BCUT2D eigenvalue weighted by molar-refractivity contribution is -0.384. The van der Waals surface area contributed by atoms with E-state index in [0.29, 0.717) is 17.9 Å². The van der Waals surface area contributed by atoms with E-state index in [9.17, 15) is 14.5 Å². The van der Waals surface area contributed by atoms with Gasteiger partial charge in [0.25, 0.3) is 5.69 Å². The third-order valence-electron chi connectivity index (χ3n) is 3.27. The summed E-state index contributed by atoms with van der Waals surface area (Å²) >= 11 is 0. The molecule has 8 heteroatoms. The molecule has 0 saturated carbocycles. The molecule has 0 atom stereocenters. The molecular weight excluding hydrogens is 315 g/mol. The highest BCUT2D eigenvalue weighted by Crippen LogP contribution is 2.20. The van der Waals surface area contributed by atoms with Crippen LogP contribution in [0.1, 0.15) is 0 Å². The molecule has 0 aliphatic rings. The van der Waals surface area contributed by atoms with Crippen molar-refractivity contribution >= 4 is 5.69 Å². The predicted octanol–water partition coefficient (Wildman–Crippen LogP) is 3.07. The number of hydrogen-bond acceptors (Lipinski definition) is 5. The zero-order chi connectivity index (χ0) is 16.9. The lowest BCUT2D eigenvalue weighted by Gasteiger charge is -2.06. The monoisotopic (exact) mass is 328 g/mol. The van der Waals surface area contributed by atoms with Crippen molar-refractivity contribution in [2.24, 2.45) is 0 Å². The van der Waals surface area contributed by atoms with Crippen LogP contribution >= 0.6 is 0 Å². The summed E-state index contributed by atoms with van der Waals surface area (Å²) in [6.07, 6.45) is 1.50. The van der Waals surface area contributed by atoms with Gasteiger partial charge in [-0.1, -0.05) is 24.3 Å². The maximum Gasteiger partial charge on any atom is 0.270 e. The van der Waals surface area contributed by atoms with Gasteiger partial charge in [-0.25, -0.2) is 14.1 Å². The third kappa shape index (κ3) is 3.54. The molecule has 2 aromatic carbocycles. The summed E-state index contributed by atoms with van der Waals surface area (Å²) in [6.45, 7) is 0.592. The van der Waals surface area contributed by atoms with E-state index in [1.807, 2.05) is 0 Å². The number of benzene rings is 2. The van der Waals surface area contributed by atoms with Crippen LogP contribution in [0.15, 0.2) is 54.9 Å². The predicted molar refractivity (Wildman–Crippen MR) is 84.0 cm³/mol. The molecule has 0 bridgehead atoms. The number of hydrogen-bond donors (Lipinski definition) is 0. The number of aromatic nitrogens is 3. The molecule has 0 saturated heterocycles. The first-order chi connectivity index (χ1) is 11.6. The summed E-state index contributed by atoms with van der Waals surface area (Å²) in [5, 5.41) is 15.0. The Morgan fingerprint density at radius 3 is 2.83 bits per heavy atom. The number of para-hydroxylation sites is 1. The molecule has 3 rings (SSSR count). The average Bonchev–Trinajstić information content (AvgIpc) is 3.06. The summed E-state index contributed by atoms with van der Waals surface area (Å²) in [6, 6.07) is 12.2. The fourth-order valence-electron chi connectivity index (χ4n) is 2.10. The zero-order valence-electron chi connectivity index (χ0n) is 12.5. The van der Waals surface area contributed by atoms with Crippen molar-refractivity contribution in [3.05, 3.63) is 70.8 Å². The van der Waals surface area contributed by atoms with Crippen LogP contribution in [-0.2, 0) is 6.54 Å². The molecule has 0 spiro atoms. The summed E-state index contributed by atoms with van der Waals surface area (Å²) in [5.74, 6) is 0.134. The van der Waals surface area contributed by atoms with Gasteiger partial charge in [0.05, 0.1) is 11.5 Å². The average molecular weight is 328 g/mol. The number of nitro groups is 1. The van der Waals surface area contributed by atoms with Gasteiger partial charge in [0.2, 0.25) is 0 Å².